The molecule has 0 atom stereocenters. The predicted molar refractivity (Wildman–Crippen MR) is 92.4 cm³/mol. The van der Waals surface area contributed by atoms with Crippen LogP contribution in [0.2, 0.25) is 0 Å². The van der Waals surface area contributed by atoms with Gasteiger partial charge in [-0.15, -0.1) is 0 Å². The van der Waals surface area contributed by atoms with Crippen molar-refractivity contribution in [1.29, 1.82) is 0 Å². The van der Waals surface area contributed by atoms with Crippen molar-refractivity contribution in [2.75, 3.05) is 5.32 Å². The van der Waals surface area contributed by atoms with E-state index in [1.807, 2.05) is 30.3 Å². The summed E-state index contributed by atoms with van der Waals surface area (Å²) in [6, 6.07) is 9.73. The third-order valence-corrected chi connectivity index (χ3v) is 5.19. The van der Waals surface area contributed by atoms with Crippen molar-refractivity contribution in [3.8, 4) is 0 Å². The molecule has 1 aromatic heterocycles. The Kier molecular flexibility index (Phi) is 3.71. The number of amides is 2. The zero-order chi connectivity index (χ0) is 16.6. The van der Waals surface area contributed by atoms with Crippen LogP contribution in [0, 0.1) is 5.41 Å². The zero-order valence-electron chi connectivity index (χ0n) is 13.5. The Labute approximate surface area is 140 Å². The van der Waals surface area contributed by atoms with E-state index in [1.54, 1.807) is 6.20 Å². The lowest BCUT2D eigenvalue weighted by Gasteiger charge is -2.19. The Morgan fingerprint density at radius 2 is 1.79 bits per heavy atom. The molecule has 2 aromatic rings. The zero-order valence-corrected chi connectivity index (χ0v) is 13.5. The van der Waals surface area contributed by atoms with E-state index in [0.29, 0.717) is 18.5 Å². The van der Waals surface area contributed by atoms with Crippen molar-refractivity contribution in [2.45, 2.75) is 44.6 Å². The van der Waals surface area contributed by atoms with Gasteiger partial charge in [0, 0.05) is 17.6 Å². The van der Waals surface area contributed by atoms with Crippen molar-refractivity contribution < 1.29 is 9.59 Å². The molecule has 5 heteroatoms. The fourth-order valence-corrected chi connectivity index (χ4v) is 3.52. The van der Waals surface area contributed by atoms with Crippen molar-refractivity contribution >= 4 is 28.4 Å². The van der Waals surface area contributed by atoms with Gasteiger partial charge < -0.3 is 10.6 Å². The van der Waals surface area contributed by atoms with Gasteiger partial charge in [-0.25, -0.2) is 0 Å². The first-order valence-corrected chi connectivity index (χ1v) is 8.65. The third kappa shape index (κ3) is 2.64. The van der Waals surface area contributed by atoms with E-state index in [9.17, 15) is 9.59 Å². The minimum Gasteiger partial charge on any atom is -0.352 e. The maximum Gasteiger partial charge on any atom is 0.240 e. The summed E-state index contributed by atoms with van der Waals surface area (Å²) in [5.74, 6) is -0.323. The van der Waals surface area contributed by atoms with Crippen LogP contribution >= 0.6 is 0 Å². The van der Waals surface area contributed by atoms with E-state index in [0.717, 1.165) is 36.6 Å². The van der Waals surface area contributed by atoms with E-state index in [1.165, 1.54) is 0 Å². The number of carbonyl (C=O) groups is 2. The normalized spacial score (nSPS) is 19.2. The number of hydrogen-bond donors (Lipinski definition) is 2. The maximum absolute atomic E-state index is 12.8. The Morgan fingerprint density at radius 3 is 2.54 bits per heavy atom. The van der Waals surface area contributed by atoms with Gasteiger partial charge in [0.15, 0.2) is 0 Å². The monoisotopic (exact) mass is 323 g/mol. The largest absolute Gasteiger partial charge is 0.352 e. The molecule has 1 aromatic carbocycles. The molecule has 0 radical (unpaired) electrons. The molecule has 0 unspecified atom stereocenters. The number of fused-ring (bicyclic) bond motifs is 1. The van der Waals surface area contributed by atoms with Gasteiger partial charge in [0.2, 0.25) is 11.8 Å². The number of aromatic nitrogens is 1. The minimum atomic E-state index is -0.889. The quantitative estimate of drug-likeness (QED) is 0.850. The Bertz CT molecular complexity index is 787. The number of rotatable bonds is 4. The molecule has 0 saturated heterocycles. The lowest BCUT2D eigenvalue weighted by atomic mass is 10.0. The molecular weight excluding hydrogens is 302 g/mol. The van der Waals surface area contributed by atoms with Gasteiger partial charge in [-0.1, -0.05) is 31.0 Å². The third-order valence-electron chi connectivity index (χ3n) is 5.19. The summed E-state index contributed by atoms with van der Waals surface area (Å²) < 4.78 is 0. The molecule has 2 aliphatic carbocycles. The van der Waals surface area contributed by atoms with E-state index in [-0.39, 0.29) is 17.9 Å². The van der Waals surface area contributed by atoms with Gasteiger partial charge in [-0.3, -0.25) is 14.6 Å². The summed E-state index contributed by atoms with van der Waals surface area (Å²) in [7, 11) is 0. The number of benzene rings is 1. The highest BCUT2D eigenvalue weighted by atomic mass is 16.2. The second-order valence-electron chi connectivity index (χ2n) is 6.87. The summed E-state index contributed by atoms with van der Waals surface area (Å²) in [5.41, 5.74) is 0.526. The second kappa shape index (κ2) is 5.89. The molecule has 2 aliphatic rings. The SMILES string of the molecule is O=C(Nc1cccc2cccnc12)C1(C(=O)NC2CCCC2)CC1. The van der Waals surface area contributed by atoms with E-state index in [2.05, 4.69) is 15.6 Å². The molecule has 0 aliphatic heterocycles. The van der Waals surface area contributed by atoms with Crippen molar-refractivity contribution in [3.63, 3.8) is 0 Å². The van der Waals surface area contributed by atoms with Gasteiger partial charge in [-0.05, 0) is 37.8 Å². The van der Waals surface area contributed by atoms with Crippen LogP contribution in [0.1, 0.15) is 38.5 Å². The molecule has 0 bridgehead atoms. The summed E-state index contributed by atoms with van der Waals surface area (Å²) in [5, 5.41) is 6.97. The van der Waals surface area contributed by atoms with E-state index in [4.69, 9.17) is 0 Å². The molecule has 5 nitrogen and oxygen atoms in total. The molecule has 0 spiro atoms. The van der Waals surface area contributed by atoms with Crippen molar-refractivity contribution in [3.05, 3.63) is 36.5 Å². The highest BCUT2D eigenvalue weighted by Gasteiger charge is 2.56. The Balaban J connectivity index is 1.51. The number of hydrogen-bond acceptors (Lipinski definition) is 3. The maximum atomic E-state index is 12.8. The van der Waals surface area contributed by atoms with Crippen molar-refractivity contribution in [2.24, 2.45) is 5.41 Å². The fourth-order valence-electron chi connectivity index (χ4n) is 3.52. The number of nitrogens with zero attached hydrogens (tertiary/aromatic N) is 1. The molecule has 2 amide bonds. The predicted octanol–water partition coefficient (Wildman–Crippen LogP) is 3.01. The number of para-hydroxylation sites is 1. The molecule has 24 heavy (non-hydrogen) atoms. The van der Waals surface area contributed by atoms with Crippen LogP contribution in [0.25, 0.3) is 10.9 Å². The Hall–Kier alpha value is -2.43. The summed E-state index contributed by atoms with van der Waals surface area (Å²) in [4.78, 5) is 29.7. The first-order chi connectivity index (χ1) is 11.7. The molecule has 2 fully saturated rings. The summed E-state index contributed by atoms with van der Waals surface area (Å²) >= 11 is 0. The van der Waals surface area contributed by atoms with Gasteiger partial charge in [0.1, 0.15) is 5.41 Å². The van der Waals surface area contributed by atoms with Crippen molar-refractivity contribution in [1.82, 2.24) is 10.3 Å². The second-order valence-corrected chi connectivity index (χ2v) is 6.87. The standard InChI is InChI=1S/C19H21N3O2/c23-17(21-14-7-1-2-8-14)19(10-11-19)18(24)22-15-9-3-5-13-6-4-12-20-16(13)15/h3-6,9,12,14H,1-2,7-8,10-11H2,(H,21,23)(H,22,24). The molecular formula is C19H21N3O2. The average Bonchev–Trinajstić information content (AvgIpc) is 3.27. The highest BCUT2D eigenvalue weighted by molar-refractivity contribution is 6.14. The molecule has 2 N–H and O–H groups in total. The number of anilines is 1. The smallest absolute Gasteiger partial charge is 0.240 e. The van der Waals surface area contributed by atoms with Gasteiger partial charge in [0.25, 0.3) is 0 Å². The lowest BCUT2D eigenvalue weighted by molar-refractivity contribution is -0.134. The average molecular weight is 323 g/mol. The van der Waals surface area contributed by atoms with Crippen LogP contribution < -0.4 is 10.6 Å². The van der Waals surface area contributed by atoms with Gasteiger partial charge in [0.05, 0.1) is 11.2 Å². The summed E-state index contributed by atoms with van der Waals surface area (Å²) in [6.07, 6.45) is 7.31. The van der Waals surface area contributed by atoms with Crippen LogP contribution in [0.3, 0.4) is 0 Å². The number of carbonyl (C=O) groups excluding carboxylic acids is 2. The number of pyridine rings is 1. The first-order valence-electron chi connectivity index (χ1n) is 8.65. The topological polar surface area (TPSA) is 71.1 Å². The summed E-state index contributed by atoms with van der Waals surface area (Å²) in [6.45, 7) is 0. The number of nitrogens with one attached hydrogen (secondary N) is 2. The van der Waals surface area contributed by atoms with Gasteiger partial charge in [-0.2, -0.15) is 0 Å². The van der Waals surface area contributed by atoms with E-state index < -0.39 is 5.41 Å². The van der Waals surface area contributed by atoms with Crippen LogP contribution in [0.4, 0.5) is 5.69 Å². The molecule has 1 heterocycles. The molecule has 124 valence electrons. The highest BCUT2D eigenvalue weighted by Crippen LogP contribution is 2.47. The van der Waals surface area contributed by atoms with Crippen LogP contribution in [-0.4, -0.2) is 22.8 Å². The van der Waals surface area contributed by atoms with Gasteiger partial charge >= 0.3 is 0 Å². The first kappa shape index (κ1) is 15.1. The molecule has 4 rings (SSSR count). The lowest BCUT2D eigenvalue weighted by Crippen LogP contribution is -2.43. The van der Waals surface area contributed by atoms with E-state index >= 15 is 0 Å². The molecule has 2 saturated carbocycles. The van der Waals surface area contributed by atoms with Crippen LogP contribution in [0.5, 0.6) is 0 Å². The van der Waals surface area contributed by atoms with Crippen LogP contribution in [0.15, 0.2) is 36.5 Å². The Morgan fingerprint density at radius 1 is 1.04 bits per heavy atom. The van der Waals surface area contributed by atoms with Crippen LogP contribution in [-0.2, 0) is 9.59 Å². The minimum absolute atomic E-state index is 0.111. The fraction of sp³-hybridized carbons (Fsp3) is 0.421.